The lowest BCUT2D eigenvalue weighted by molar-refractivity contribution is 0.0190. The lowest BCUT2D eigenvalue weighted by Crippen LogP contribution is -2.41. The molecule has 2 heterocycles. The van der Waals surface area contributed by atoms with E-state index in [-0.39, 0.29) is 6.04 Å². The van der Waals surface area contributed by atoms with Gasteiger partial charge in [0.1, 0.15) is 24.2 Å². The van der Waals surface area contributed by atoms with Gasteiger partial charge >= 0.3 is 6.09 Å². The van der Waals surface area contributed by atoms with Gasteiger partial charge in [0.25, 0.3) is 0 Å². The average Bonchev–Trinajstić information content (AvgIpc) is 3.28. The van der Waals surface area contributed by atoms with E-state index < -0.39 is 18.3 Å². The number of nitrogens with zero attached hydrogens (tertiary/aromatic N) is 1. The van der Waals surface area contributed by atoms with Crippen molar-refractivity contribution in [3.63, 3.8) is 0 Å². The van der Waals surface area contributed by atoms with E-state index in [0.29, 0.717) is 25.9 Å². The van der Waals surface area contributed by atoms with Crippen molar-refractivity contribution in [3.05, 3.63) is 47.9 Å². The number of carbonyl (C=O) groups excluding carboxylic acids is 1. The first-order valence-corrected chi connectivity index (χ1v) is 8.54. The zero-order chi connectivity index (χ0) is 18.4. The van der Waals surface area contributed by atoms with Crippen molar-refractivity contribution >= 4 is 6.09 Å². The summed E-state index contributed by atoms with van der Waals surface area (Å²) in [6.45, 7) is 0.766. The van der Waals surface area contributed by atoms with Crippen LogP contribution < -0.4 is 15.4 Å². The van der Waals surface area contributed by atoms with Crippen LogP contribution in [0, 0.1) is 0 Å². The number of hydrogen-bond donors (Lipinski definition) is 3. The number of rotatable bonds is 7. The van der Waals surface area contributed by atoms with Crippen LogP contribution in [0.1, 0.15) is 11.3 Å². The maximum atomic E-state index is 12.0. The predicted molar refractivity (Wildman–Crippen MR) is 93.0 cm³/mol. The smallest absolute Gasteiger partial charge is 0.407 e. The number of aliphatic hydroxyl groups is 1. The maximum absolute atomic E-state index is 12.0. The molecule has 1 amide bonds. The van der Waals surface area contributed by atoms with E-state index in [1.807, 2.05) is 24.3 Å². The maximum Gasteiger partial charge on any atom is 0.407 e. The Morgan fingerprint density at radius 2 is 2.19 bits per heavy atom. The number of aliphatic hydroxyl groups excluding tert-OH is 1. The number of aromatic nitrogens is 1. The summed E-state index contributed by atoms with van der Waals surface area (Å²) in [4.78, 5) is 12.0. The Morgan fingerprint density at radius 3 is 2.88 bits per heavy atom. The zero-order valence-electron chi connectivity index (χ0n) is 14.6. The molecule has 1 aromatic heterocycles. The molecule has 3 N–H and O–H groups in total. The van der Waals surface area contributed by atoms with Crippen LogP contribution in [-0.4, -0.2) is 54.8 Å². The standard InChI is InChI=1S/C18H23N3O5/c1-24-14-4-2-12(3-5-14)10-15-17(16(22)11-20-15)26-18(23)19-8-6-13-7-9-25-21-13/h2-5,7,9,15-17,20,22H,6,8,10-11H2,1H3,(H,19,23)/t15-,16+,17+/m1/s1. The molecule has 3 atom stereocenters. The summed E-state index contributed by atoms with van der Waals surface area (Å²) >= 11 is 0. The molecule has 26 heavy (non-hydrogen) atoms. The summed E-state index contributed by atoms with van der Waals surface area (Å²) in [6, 6.07) is 9.27. The van der Waals surface area contributed by atoms with Gasteiger partial charge in [0.2, 0.25) is 0 Å². The van der Waals surface area contributed by atoms with Crippen molar-refractivity contribution < 1.29 is 23.9 Å². The number of alkyl carbamates (subject to hydrolysis) is 1. The van der Waals surface area contributed by atoms with E-state index in [0.717, 1.165) is 17.0 Å². The van der Waals surface area contributed by atoms with Crippen LogP contribution in [0.5, 0.6) is 5.75 Å². The van der Waals surface area contributed by atoms with Crippen LogP contribution in [0.4, 0.5) is 4.79 Å². The normalized spacial score (nSPS) is 22.2. The molecular formula is C18H23N3O5. The first-order chi connectivity index (χ1) is 12.7. The van der Waals surface area contributed by atoms with E-state index in [2.05, 4.69) is 15.8 Å². The van der Waals surface area contributed by atoms with Gasteiger partial charge in [-0.1, -0.05) is 17.3 Å². The first-order valence-electron chi connectivity index (χ1n) is 8.54. The lowest BCUT2D eigenvalue weighted by Gasteiger charge is -2.22. The van der Waals surface area contributed by atoms with Gasteiger partial charge in [-0.2, -0.15) is 0 Å². The number of nitrogens with one attached hydrogen (secondary N) is 2. The molecule has 1 aliphatic heterocycles. The molecule has 0 saturated carbocycles. The van der Waals surface area contributed by atoms with Crippen molar-refractivity contribution in [1.82, 2.24) is 15.8 Å². The van der Waals surface area contributed by atoms with Crippen LogP contribution in [0.3, 0.4) is 0 Å². The van der Waals surface area contributed by atoms with E-state index in [1.165, 1.54) is 6.26 Å². The number of carbonyl (C=O) groups is 1. The van der Waals surface area contributed by atoms with Gasteiger partial charge in [0, 0.05) is 25.6 Å². The fourth-order valence-electron chi connectivity index (χ4n) is 2.96. The number of methoxy groups -OCH3 is 1. The Labute approximate surface area is 151 Å². The van der Waals surface area contributed by atoms with E-state index >= 15 is 0 Å². The predicted octanol–water partition coefficient (Wildman–Crippen LogP) is 0.896. The van der Waals surface area contributed by atoms with Crippen molar-refractivity contribution in [2.75, 3.05) is 20.2 Å². The number of amides is 1. The molecule has 140 valence electrons. The van der Waals surface area contributed by atoms with Crippen LogP contribution in [-0.2, 0) is 17.6 Å². The minimum absolute atomic E-state index is 0.153. The Balaban J connectivity index is 1.50. The van der Waals surface area contributed by atoms with E-state index in [1.54, 1.807) is 13.2 Å². The van der Waals surface area contributed by atoms with Crippen LogP contribution >= 0.6 is 0 Å². The Hall–Kier alpha value is -2.58. The Kier molecular flexibility index (Phi) is 6.08. The number of benzene rings is 1. The van der Waals surface area contributed by atoms with Gasteiger partial charge in [-0.25, -0.2) is 4.79 Å². The average molecular weight is 361 g/mol. The molecule has 0 spiro atoms. The van der Waals surface area contributed by atoms with E-state index in [9.17, 15) is 9.90 Å². The molecule has 1 saturated heterocycles. The van der Waals surface area contributed by atoms with E-state index in [4.69, 9.17) is 14.0 Å². The molecule has 0 aliphatic carbocycles. The minimum Gasteiger partial charge on any atom is -0.497 e. The second kappa shape index (κ2) is 8.68. The fourth-order valence-corrected chi connectivity index (χ4v) is 2.96. The quantitative estimate of drug-likeness (QED) is 0.673. The number of hydrogen-bond acceptors (Lipinski definition) is 7. The third-order valence-corrected chi connectivity index (χ3v) is 4.36. The molecule has 1 aliphatic rings. The number of ether oxygens (including phenoxy) is 2. The molecule has 1 fully saturated rings. The summed E-state index contributed by atoms with van der Waals surface area (Å²) in [6.07, 6.45) is 0.770. The van der Waals surface area contributed by atoms with Crippen molar-refractivity contribution in [1.29, 1.82) is 0 Å². The summed E-state index contributed by atoms with van der Waals surface area (Å²) in [5.74, 6) is 0.785. The first kappa shape index (κ1) is 18.2. The zero-order valence-corrected chi connectivity index (χ0v) is 14.6. The van der Waals surface area contributed by atoms with Crippen molar-refractivity contribution in [3.8, 4) is 5.75 Å². The Bertz CT molecular complexity index is 689. The van der Waals surface area contributed by atoms with Gasteiger partial charge in [-0.05, 0) is 24.1 Å². The van der Waals surface area contributed by atoms with Gasteiger partial charge in [-0.3, -0.25) is 0 Å². The fraction of sp³-hybridized carbons (Fsp3) is 0.444. The largest absolute Gasteiger partial charge is 0.497 e. The summed E-state index contributed by atoms with van der Waals surface area (Å²) in [5.41, 5.74) is 1.82. The number of β-amino-alcohol motifs (C(OH)–C–C–N with tert-alkyl or cyclic N) is 1. The highest BCUT2D eigenvalue weighted by Crippen LogP contribution is 2.19. The molecule has 0 radical (unpaired) electrons. The molecule has 8 heteroatoms. The summed E-state index contributed by atoms with van der Waals surface area (Å²) in [7, 11) is 1.62. The van der Waals surface area contributed by atoms with Crippen LogP contribution in [0.2, 0.25) is 0 Å². The SMILES string of the molecule is COc1ccc(C[C@H]2NC[C@H](O)[C@H]2OC(=O)NCCc2ccon2)cc1. The molecule has 0 unspecified atom stereocenters. The third kappa shape index (κ3) is 4.74. The van der Waals surface area contributed by atoms with Crippen LogP contribution in [0.25, 0.3) is 0 Å². The van der Waals surface area contributed by atoms with Gasteiger partial charge < -0.3 is 29.7 Å². The summed E-state index contributed by atoms with van der Waals surface area (Å²) < 4.78 is 15.3. The van der Waals surface area contributed by atoms with Crippen LogP contribution in [0.15, 0.2) is 41.1 Å². The van der Waals surface area contributed by atoms with Gasteiger partial charge in [-0.15, -0.1) is 0 Å². The topological polar surface area (TPSA) is 106 Å². The molecular weight excluding hydrogens is 338 g/mol. The Morgan fingerprint density at radius 1 is 1.38 bits per heavy atom. The second-order valence-corrected chi connectivity index (χ2v) is 6.17. The molecule has 2 aromatic rings. The third-order valence-electron chi connectivity index (χ3n) is 4.36. The van der Waals surface area contributed by atoms with Crippen molar-refractivity contribution in [2.45, 2.75) is 31.1 Å². The highest BCUT2D eigenvalue weighted by atomic mass is 16.6. The molecule has 3 rings (SSSR count). The highest BCUT2D eigenvalue weighted by molar-refractivity contribution is 5.67. The molecule has 0 bridgehead atoms. The van der Waals surface area contributed by atoms with Gasteiger partial charge in [0.05, 0.1) is 18.8 Å². The minimum atomic E-state index is -0.737. The molecule has 1 aromatic carbocycles. The van der Waals surface area contributed by atoms with Gasteiger partial charge in [0.15, 0.2) is 0 Å². The lowest BCUT2D eigenvalue weighted by atomic mass is 10.0. The molecule has 8 nitrogen and oxygen atoms in total. The summed E-state index contributed by atoms with van der Waals surface area (Å²) in [5, 5.41) is 19.8. The monoisotopic (exact) mass is 361 g/mol. The highest BCUT2D eigenvalue weighted by Gasteiger charge is 2.37. The van der Waals surface area contributed by atoms with Crippen molar-refractivity contribution in [2.24, 2.45) is 0 Å². The second-order valence-electron chi connectivity index (χ2n) is 6.17.